The predicted octanol–water partition coefficient (Wildman–Crippen LogP) is 1.77. The number of imide groups is 1. The summed E-state index contributed by atoms with van der Waals surface area (Å²) in [5.74, 6) is -1.21. The number of hydrogen-bond acceptors (Lipinski definition) is 6. The number of methoxy groups -OCH3 is 1. The van der Waals surface area contributed by atoms with Crippen LogP contribution in [0, 0.1) is 11.3 Å². The number of nitrogens with zero attached hydrogens (tertiary/aromatic N) is 1. The number of ether oxygens (including phenoxy) is 2. The molecule has 0 aromatic heterocycles. The van der Waals surface area contributed by atoms with Gasteiger partial charge in [-0.05, 0) is 44.5 Å². The first-order valence-corrected chi connectivity index (χ1v) is 7.69. The molecule has 138 valence electrons. The summed E-state index contributed by atoms with van der Waals surface area (Å²) in [6.45, 7) is 4.56. The quantitative estimate of drug-likeness (QED) is 0.470. The average Bonchev–Trinajstić information content (AvgIpc) is 2.55. The van der Waals surface area contributed by atoms with Crippen molar-refractivity contribution in [1.82, 2.24) is 10.6 Å². The Labute approximate surface area is 151 Å². The van der Waals surface area contributed by atoms with E-state index in [4.69, 9.17) is 14.7 Å². The number of hydrogen-bond donors (Lipinski definition) is 2. The monoisotopic (exact) mass is 359 g/mol. The molecule has 0 spiro atoms. The summed E-state index contributed by atoms with van der Waals surface area (Å²) in [6, 6.07) is 7.74. The molecule has 0 saturated carbocycles. The zero-order valence-electron chi connectivity index (χ0n) is 15.1. The van der Waals surface area contributed by atoms with E-state index in [0.29, 0.717) is 11.3 Å². The van der Waals surface area contributed by atoms with Crippen LogP contribution in [0.5, 0.6) is 5.75 Å². The fraction of sp³-hybridized carbons (Fsp3) is 0.333. The molecule has 26 heavy (non-hydrogen) atoms. The number of rotatable bonds is 5. The molecule has 0 fully saturated rings. The van der Waals surface area contributed by atoms with Crippen molar-refractivity contribution in [2.45, 2.75) is 26.3 Å². The van der Waals surface area contributed by atoms with Gasteiger partial charge in [-0.25, -0.2) is 9.59 Å². The van der Waals surface area contributed by atoms with Gasteiger partial charge >= 0.3 is 12.0 Å². The van der Waals surface area contributed by atoms with E-state index in [1.807, 2.05) is 5.32 Å². The van der Waals surface area contributed by atoms with E-state index in [-0.39, 0.29) is 5.57 Å². The first-order valence-electron chi connectivity index (χ1n) is 7.69. The van der Waals surface area contributed by atoms with Crippen LogP contribution in [0.1, 0.15) is 26.3 Å². The molecular weight excluding hydrogens is 338 g/mol. The standard InChI is InChI=1S/C18H21N3O5/c1-18(2,3)21-17(24)20-15(22)11-26-16(23)13(10-19)8-12-6-5-7-14(9-12)25-4/h5-9H,11H2,1-4H3,(H2,20,21,22,24)/b13-8+. The number of carbonyl (C=O) groups excluding carboxylic acids is 3. The van der Waals surface area contributed by atoms with E-state index in [9.17, 15) is 14.4 Å². The van der Waals surface area contributed by atoms with E-state index < -0.39 is 30.1 Å². The maximum atomic E-state index is 11.9. The molecule has 2 N–H and O–H groups in total. The third-order valence-corrected chi connectivity index (χ3v) is 2.82. The predicted molar refractivity (Wildman–Crippen MR) is 94.0 cm³/mol. The van der Waals surface area contributed by atoms with Crippen molar-refractivity contribution < 1.29 is 23.9 Å². The molecule has 1 aromatic rings. The van der Waals surface area contributed by atoms with Crippen molar-refractivity contribution in [3.63, 3.8) is 0 Å². The number of nitriles is 1. The van der Waals surface area contributed by atoms with Gasteiger partial charge in [-0.1, -0.05) is 12.1 Å². The molecule has 1 rings (SSSR count). The molecule has 8 nitrogen and oxygen atoms in total. The first kappa shape index (κ1) is 20.7. The fourth-order valence-corrected chi connectivity index (χ4v) is 1.78. The van der Waals surface area contributed by atoms with Gasteiger partial charge in [0.1, 0.15) is 17.4 Å². The van der Waals surface area contributed by atoms with E-state index in [1.165, 1.54) is 13.2 Å². The average molecular weight is 359 g/mol. The Morgan fingerprint density at radius 3 is 2.54 bits per heavy atom. The molecule has 0 bridgehead atoms. The van der Waals surface area contributed by atoms with E-state index in [0.717, 1.165) is 0 Å². The minimum atomic E-state index is -0.971. The van der Waals surface area contributed by atoms with Crippen LogP contribution in [0.4, 0.5) is 4.79 Å². The van der Waals surface area contributed by atoms with Crippen LogP contribution in [0.3, 0.4) is 0 Å². The van der Waals surface area contributed by atoms with Crippen LogP contribution >= 0.6 is 0 Å². The molecule has 0 heterocycles. The number of benzene rings is 1. The Kier molecular flexibility index (Phi) is 7.34. The Morgan fingerprint density at radius 1 is 1.27 bits per heavy atom. The number of amides is 3. The number of esters is 1. The lowest BCUT2D eigenvalue weighted by Crippen LogP contribution is -2.49. The molecule has 0 radical (unpaired) electrons. The third-order valence-electron chi connectivity index (χ3n) is 2.82. The lowest BCUT2D eigenvalue weighted by Gasteiger charge is -2.20. The van der Waals surface area contributed by atoms with Gasteiger partial charge < -0.3 is 14.8 Å². The van der Waals surface area contributed by atoms with Crippen LogP contribution < -0.4 is 15.4 Å². The molecule has 0 atom stereocenters. The lowest BCUT2D eigenvalue weighted by molar-refractivity contribution is -0.144. The highest BCUT2D eigenvalue weighted by Gasteiger charge is 2.17. The zero-order valence-corrected chi connectivity index (χ0v) is 15.1. The summed E-state index contributed by atoms with van der Waals surface area (Å²) in [4.78, 5) is 35.1. The van der Waals surface area contributed by atoms with Crippen molar-refractivity contribution in [1.29, 1.82) is 5.26 Å². The summed E-state index contributed by atoms with van der Waals surface area (Å²) in [5.41, 5.74) is -0.244. The zero-order chi connectivity index (χ0) is 19.7. The van der Waals surface area contributed by atoms with Crippen LogP contribution in [0.25, 0.3) is 6.08 Å². The molecule has 0 aliphatic heterocycles. The Balaban J connectivity index is 2.64. The summed E-state index contributed by atoms with van der Waals surface area (Å²) in [6.07, 6.45) is 1.31. The van der Waals surface area contributed by atoms with Gasteiger partial charge in [-0.2, -0.15) is 5.26 Å². The van der Waals surface area contributed by atoms with Gasteiger partial charge in [-0.15, -0.1) is 0 Å². The van der Waals surface area contributed by atoms with Crippen molar-refractivity contribution in [3.05, 3.63) is 35.4 Å². The Hall–Kier alpha value is -3.34. The normalized spacial score (nSPS) is 11.1. The van der Waals surface area contributed by atoms with Crippen LogP contribution in [-0.4, -0.2) is 37.2 Å². The summed E-state index contributed by atoms with van der Waals surface area (Å²) < 4.78 is 9.83. The fourth-order valence-electron chi connectivity index (χ4n) is 1.78. The van der Waals surface area contributed by atoms with Crippen LogP contribution in [-0.2, 0) is 14.3 Å². The summed E-state index contributed by atoms with van der Waals surface area (Å²) in [5, 5.41) is 13.7. The Morgan fingerprint density at radius 2 is 1.96 bits per heavy atom. The van der Waals surface area contributed by atoms with Crippen LogP contribution in [0.15, 0.2) is 29.8 Å². The van der Waals surface area contributed by atoms with Crippen molar-refractivity contribution >= 4 is 24.0 Å². The maximum Gasteiger partial charge on any atom is 0.349 e. The minimum Gasteiger partial charge on any atom is -0.497 e. The highest BCUT2D eigenvalue weighted by Crippen LogP contribution is 2.15. The molecular formula is C18H21N3O5. The minimum absolute atomic E-state index is 0.287. The summed E-state index contributed by atoms with van der Waals surface area (Å²) in [7, 11) is 1.50. The van der Waals surface area contributed by atoms with E-state index in [2.05, 4.69) is 5.32 Å². The maximum absolute atomic E-state index is 11.9. The second kappa shape index (κ2) is 9.22. The molecule has 0 saturated heterocycles. The highest BCUT2D eigenvalue weighted by molar-refractivity contribution is 6.00. The largest absolute Gasteiger partial charge is 0.497 e. The van der Waals surface area contributed by atoms with E-state index >= 15 is 0 Å². The van der Waals surface area contributed by atoms with Gasteiger partial charge in [0.15, 0.2) is 6.61 Å². The molecule has 3 amide bonds. The number of urea groups is 1. The highest BCUT2D eigenvalue weighted by atomic mass is 16.5. The molecule has 0 aliphatic rings. The van der Waals surface area contributed by atoms with Gasteiger partial charge in [0.25, 0.3) is 5.91 Å². The second-order valence-corrected chi connectivity index (χ2v) is 6.27. The molecule has 1 aromatic carbocycles. The number of carbonyl (C=O) groups is 3. The van der Waals surface area contributed by atoms with Crippen molar-refractivity contribution in [2.24, 2.45) is 0 Å². The lowest BCUT2D eigenvalue weighted by atomic mass is 10.1. The van der Waals surface area contributed by atoms with Gasteiger partial charge in [-0.3, -0.25) is 10.1 Å². The van der Waals surface area contributed by atoms with Gasteiger partial charge in [0, 0.05) is 5.54 Å². The van der Waals surface area contributed by atoms with Gasteiger partial charge in [0.2, 0.25) is 0 Å². The SMILES string of the molecule is COc1cccc(/C=C(\C#N)C(=O)OCC(=O)NC(=O)NC(C)(C)C)c1. The molecule has 0 aliphatic carbocycles. The number of nitrogens with one attached hydrogen (secondary N) is 2. The Bertz CT molecular complexity index is 757. The van der Waals surface area contributed by atoms with Crippen molar-refractivity contribution in [2.75, 3.05) is 13.7 Å². The second-order valence-electron chi connectivity index (χ2n) is 6.27. The van der Waals surface area contributed by atoms with Crippen LogP contribution in [0.2, 0.25) is 0 Å². The first-order chi connectivity index (χ1) is 12.1. The van der Waals surface area contributed by atoms with E-state index in [1.54, 1.807) is 51.1 Å². The van der Waals surface area contributed by atoms with Gasteiger partial charge in [0.05, 0.1) is 7.11 Å². The third kappa shape index (κ3) is 7.49. The molecule has 8 heteroatoms. The van der Waals surface area contributed by atoms with Crippen molar-refractivity contribution in [3.8, 4) is 11.8 Å². The topological polar surface area (TPSA) is 118 Å². The molecule has 0 unspecified atom stereocenters. The smallest absolute Gasteiger partial charge is 0.349 e. The summed E-state index contributed by atoms with van der Waals surface area (Å²) >= 11 is 0.